The zero-order valence-corrected chi connectivity index (χ0v) is 14.8. The van der Waals surface area contributed by atoms with Crippen LogP contribution in [-0.2, 0) is 7.05 Å². The smallest absolute Gasteiger partial charge is 0.206 e. The van der Waals surface area contributed by atoms with Crippen molar-refractivity contribution < 1.29 is 0 Å². The van der Waals surface area contributed by atoms with Crippen LogP contribution in [0.1, 0.15) is 38.3 Å². The molecule has 23 heavy (non-hydrogen) atoms. The molecule has 2 aliphatic heterocycles. The number of imidazole rings is 1. The molecule has 4 heterocycles. The zero-order chi connectivity index (χ0) is 16.1. The van der Waals surface area contributed by atoms with Gasteiger partial charge in [-0.2, -0.15) is 0 Å². The predicted molar refractivity (Wildman–Crippen MR) is 94.4 cm³/mol. The quantitative estimate of drug-likeness (QED) is 0.792. The summed E-state index contributed by atoms with van der Waals surface area (Å²) in [5, 5.41) is 0.552. The Balaban J connectivity index is 1.76. The van der Waals surface area contributed by atoms with Gasteiger partial charge >= 0.3 is 0 Å². The minimum absolute atomic E-state index is 0.311. The second-order valence-electron chi connectivity index (χ2n) is 7.10. The van der Waals surface area contributed by atoms with E-state index in [-0.39, 0.29) is 0 Å². The van der Waals surface area contributed by atoms with Gasteiger partial charge in [0.15, 0.2) is 0 Å². The van der Waals surface area contributed by atoms with E-state index in [0.29, 0.717) is 17.1 Å². The molecule has 2 aliphatic rings. The second-order valence-corrected chi connectivity index (χ2v) is 7.49. The summed E-state index contributed by atoms with van der Waals surface area (Å²) in [4.78, 5) is 14.5. The van der Waals surface area contributed by atoms with Crippen LogP contribution in [0.5, 0.6) is 0 Å². The van der Waals surface area contributed by atoms with E-state index in [1.807, 2.05) is 6.07 Å². The lowest BCUT2D eigenvalue weighted by Gasteiger charge is -2.37. The van der Waals surface area contributed by atoms with Gasteiger partial charge in [0.2, 0.25) is 5.95 Å². The van der Waals surface area contributed by atoms with E-state index in [1.165, 1.54) is 19.4 Å². The highest BCUT2D eigenvalue weighted by Crippen LogP contribution is 2.31. The fraction of sp³-hybridized carbons (Fsp3) is 0.647. The number of nitrogens with zero attached hydrogens (tertiary/aromatic N) is 5. The van der Waals surface area contributed by atoms with Crippen molar-refractivity contribution >= 4 is 28.6 Å². The van der Waals surface area contributed by atoms with Crippen molar-refractivity contribution in [3.8, 4) is 0 Å². The highest BCUT2D eigenvalue weighted by atomic mass is 35.5. The zero-order valence-electron chi connectivity index (χ0n) is 14.1. The van der Waals surface area contributed by atoms with E-state index in [2.05, 4.69) is 40.2 Å². The molecule has 0 amide bonds. The van der Waals surface area contributed by atoms with Crippen molar-refractivity contribution in [2.45, 2.75) is 38.6 Å². The van der Waals surface area contributed by atoms with Crippen molar-refractivity contribution in [1.29, 1.82) is 0 Å². The van der Waals surface area contributed by atoms with Crippen LogP contribution in [-0.4, -0.2) is 51.7 Å². The third-order valence-electron chi connectivity index (χ3n) is 5.26. The molecule has 1 atom stereocenters. The van der Waals surface area contributed by atoms with Crippen molar-refractivity contribution in [3.63, 3.8) is 0 Å². The lowest BCUT2D eigenvalue weighted by molar-refractivity contribution is 0.229. The van der Waals surface area contributed by atoms with Crippen molar-refractivity contribution in [2.75, 3.05) is 31.1 Å². The Morgan fingerprint density at radius 1 is 1.22 bits per heavy atom. The van der Waals surface area contributed by atoms with Gasteiger partial charge in [-0.15, -0.1) is 0 Å². The topological polar surface area (TPSA) is 37.2 Å². The van der Waals surface area contributed by atoms with Crippen molar-refractivity contribution in [2.24, 2.45) is 7.05 Å². The number of halogens is 1. The highest BCUT2D eigenvalue weighted by Gasteiger charge is 2.32. The molecular formula is C17H24ClN5. The minimum atomic E-state index is 0.311. The number of aryl methyl sites for hydroxylation is 1. The molecular weight excluding hydrogens is 310 g/mol. The first-order valence-electron chi connectivity index (χ1n) is 8.56. The molecule has 2 aromatic rings. The van der Waals surface area contributed by atoms with Crippen LogP contribution >= 0.6 is 11.6 Å². The van der Waals surface area contributed by atoms with Gasteiger partial charge in [0.25, 0.3) is 0 Å². The van der Waals surface area contributed by atoms with Gasteiger partial charge in [0.05, 0.1) is 11.2 Å². The predicted octanol–water partition coefficient (Wildman–Crippen LogP) is 3.03. The largest absolute Gasteiger partial charge is 0.339 e. The minimum Gasteiger partial charge on any atom is -0.339 e. The van der Waals surface area contributed by atoms with Gasteiger partial charge in [0.1, 0.15) is 10.7 Å². The Bertz CT molecular complexity index is 738. The van der Waals surface area contributed by atoms with E-state index in [9.17, 15) is 0 Å². The van der Waals surface area contributed by atoms with E-state index < -0.39 is 0 Å². The van der Waals surface area contributed by atoms with E-state index in [1.54, 1.807) is 0 Å². The van der Waals surface area contributed by atoms with E-state index in [0.717, 1.165) is 42.3 Å². The summed E-state index contributed by atoms with van der Waals surface area (Å²) in [5.41, 5.74) is 3.07. The summed E-state index contributed by atoms with van der Waals surface area (Å²) in [7, 11) is 2.09. The van der Waals surface area contributed by atoms with E-state index >= 15 is 0 Å². The number of pyridine rings is 1. The Morgan fingerprint density at radius 2 is 2.04 bits per heavy atom. The molecule has 2 fully saturated rings. The number of rotatable bonds is 2. The Kier molecular flexibility index (Phi) is 3.73. The molecule has 0 spiro atoms. The molecule has 1 unspecified atom stereocenters. The number of aromatic nitrogens is 3. The SMILES string of the molecule is CC(C)c1nc(Cl)cc2c1nc(N1CCN3CCCC3C1)n2C. The molecule has 0 N–H and O–H groups in total. The van der Waals surface area contributed by atoms with Crippen LogP contribution in [0.25, 0.3) is 11.0 Å². The monoisotopic (exact) mass is 333 g/mol. The van der Waals surface area contributed by atoms with Gasteiger partial charge < -0.3 is 9.47 Å². The van der Waals surface area contributed by atoms with Gasteiger partial charge in [-0.3, -0.25) is 4.90 Å². The van der Waals surface area contributed by atoms with Gasteiger partial charge in [-0.25, -0.2) is 9.97 Å². The summed E-state index contributed by atoms with van der Waals surface area (Å²) in [6, 6.07) is 2.63. The third kappa shape index (κ3) is 2.50. The number of hydrogen-bond donors (Lipinski definition) is 0. The first-order chi connectivity index (χ1) is 11.0. The average Bonchev–Trinajstić information content (AvgIpc) is 3.11. The average molecular weight is 334 g/mol. The number of anilines is 1. The lowest BCUT2D eigenvalue weighted by Crippen LogP contribution is -2.50. The number of fused-ring (bicyclic) bond motifs is 2. The molecule has 5 nitrogen and oxygen atoms in total. The fourth-order valence-corrected chi connectivity index (χ4v) is 4.22. The van der Waals surface area contributed by atoms with Crippen LogP contribution in [0.15, 0.2) is 6.07 Å². The third-order valence-corrected chi connectivity index (χ3v) is 5.45. The van der Waals surface area contributed by atoms with Crippen LogP contribution in [0, 0.1) is 0 Å². The highest BCUT2D eigenvalue weighted by molar-refractivity contribution is 6.30. The maximum Gasteiger partial charge on any atom is 0.206 e. The van der Waals surface area contributed by atoms with Gasteiger partial charge in [-0.05, 0) is 25.3 Å². The van der Waals surface area contributed by atoms with Crippen LogP contribution in [0.4, 0.5) is 5.95 Å². The van der Waals surface area contributed by atoms with Crippen molar-refractivity contribution in [1.82, 2.24) is 19.4 Å². The molecule has 6 heteroatoms. The molecule has 124 valence electrons. The molecule has 2 saturated heterocycles. The van der Waals surface area contributed by atoms with Crippen LogP contribution in [0.2, 0.25) is 5.15 Å². The van der Waals surface area contributed by atoms with Gasteiger partial charge in [0, 0.05) is 38.8 Å². The maximum atomic E-state index is 6.24. The Hall–Kier alpha value is -1.33. The summed E-state index contributed by atoms with van der Waals surface area (Å²) in [6.45, 7) is 8.82. The first-order valence-corrected chi connectivity index (χ1v) is 8.94. The van der Waals surface area contributed by atoms with Crippen LogP contribution in [0.3, 0.4) is 0 Å². The fourth-order valence-electron chi connectivity index (χ4n) is 4.02. The summed E-state index contributed by atoms with van der Waals surface area (Å²) in [6.07, 6.45) is 2.64. The second kappa shape index (κ2) is 5.64. The summed E-state index contributed by atoms with van der Waals surface area (Å²) in [5.74, 6) is 1.36. The molecule has 0 aliphatic carbocycles. The Labute approximate surface area is 142 Å². The molecule has 0 aromatic carbocycles. The first kappa shape index (κ1) is 15.2. The molecule has 0 saturated carbocycles. The van der Waals surface area contributed by atoms with Crippen LogP contribution < -0.4 is 4.90 Å². The number of piperazine rings is 1. The van der Waals surface area contributed by atoms with Crippen molar-refractivity contribution in [3.05, 3.63) is 16.9 Å². The normalized spacial score (nSPS) is 22.3. The molecule has 0 bridgehead atoms. The molecule has 4 rings (SSSR count). The van der Waals surface area contributed by atoms with Gasteiger partial charge in [-0.1, -0.05) is 25.4 Å². The number of hydrogen-bond acceptors (Lipinski definition) is 4. The maximum absolute atomic E-state index is 6.24. The molecule has 0 radical (unpaired) electrons. The standard InChI is InChI=1S/C17H24ClN5/c1-11(2)15-16-13(9-14(18)19-15)21(3)17(20-16)23-8-7-22-6-4-5-12(22)10-23/h9,11-12H,4-8,10H2,1-3H3. The Morgan fingerprint density at radius 3 is 2.83 bits per heavy atom. The lowest BCUT2D eigenvalue weighted by atomic mass is 10.1. The van der Waals surface area contributed by atoms with E-state index in [4.69, 9.17) is 16.6 Å². The summed E-state index contributed by atoms with van der Waals surface area (Å²) < 4.78 is 2.18. The molecule has 2 aromatic heterocycles. The summed E-state index contributed by atoms with van der Waals surface area (Å²) >= 11 is 6.24.